The largest absolute Gasteiger partial charge is 0.318 e. The highest BCUT2D eigenvalue weighted by Gasteiger charge is 2.24. The maximum atomic E-state index is 11.1. The molecule has 0 N–H and O–H groups in total. The van der Waals surface area contributed by atoms with E-state index in [1.54, 1.807) is 11.3 Å². The minimum absolute atomic E-state index is 0.468. The van der Waals surface area contributed by atoms with Gasteiger partial charge in [0, 0.05) is 58.8 Å². The fraction of sp³-hybridized carbons (Fsp3) is 0. The molecule has 0 saturated carbocycles. The van der Waals surface area contributed by atoms with Crippen LogP contribution in [0.25, 0.3) is 90.8 Å². The zero-order valence-electron chi connectivity index (χ0n) is 32.0. The smallest absolute Gasteiger partial charge is 0.212 e. The number of thiophene rings is 1. The first-order valence-corrected chi connectivity index (χ1v) is 20.7. The van der Waals surface area contributed by atoms with Crippen LogP contribution in [-0.4, -0.2) is 9.13 Å². The van der Waals surface area contributed by atoms with Crippen molar-refractivity contribution < 1.29 is 0 Å². The Balaban J connectivity index is 1.15. The summed E-state index contributed by atoms with van der Waals surface area (Å²) in [5, 5.41) is 20.1. The van der Waals surface area contributed by atoms with E-state index in [1.807, 2.05) is 30.3 Å². The molecule has 0 aliphatic rings. The van der Waals surface area contributed by atoms with Crippen LogP contribution < -0.4 is 4.90 Å². The molecular weight excluding hydrogens is 751 g/mol. The molecule has 6 heteroatoms. The number of hydrogen-bond acceptors (Lipinski definition) is 3. The van der Waals surface area contributed by atoms with Gasteiger partial charge in [-0.15, -0.1) is 11.3 Å². The van der Waals surface area contributed by atoms with Gasteiger partial charge in [-0.2, -0.15) is 5.26 Å². The van der Waals surface area contributed by atoms with Crippen LogP contribution >= 0.6 is 11.3 Å². The van der Waals surface area contributed by atoms with E-state index in [2.05, 4.69) is 183 Å². The lowest BCUT2D eigenvalue weighted by molar-refractivity contribution is 1.14. The Kier molecular flexibility index (Phi) is 7.46. The topological polar surface area (TPSA) is 41.2 Å². The zero-order valence-corrected chi connectivity index (χ0v) is 32.9. The minimum atomic E-state index is 0.468. The number of hydrogen-bond donors (Lipinski definition) is 0. The summed E-state index contributed by atoms with van der Waals surface area (Å²) in [5.41, 5.74) is 9.40. The number of rotatable bonds is 5. The number of aromatic nitrogens is 2. The van der Waals surface area contributed by atoms with Gasteiger partial charge in [-0.05, 0) is 89.6 Å². The quantitative estimate of drug-likeness (QED) is 0.163. The minimum Gasteiger partial charge on any atom is -0.318 e. The number of anilines is 3. The molecule has 5 nitrogen and oxygen atoms in total. The molecule has 0 unspecified atom stereocenters. The van der Waals surface area contributed by atoms with Crippen LogP contribution in [-0.2, 0) is 0 Å². The Bertz CT molecular complexity index is 3760. The van der Waals surface area contributed by atoms with Gasteiger partial charge in [0.05, 0.1) is 45.6 Å². The first-order valence-electron chi connectivity index (χ1n) is 19.9. The van der Waals surface area contributed by atoms with E-state index < -0.39 is 0 Å². The Morgan fingerprint density at radius 2 is 1.15 bits per heavy atom. The van der Waals surface area contributed by atoms with E-state index >= 15 is 0 Å². The highest BCUT2D eigenvalue weighted by atomic mass is 32.1. The molecule has 0 fully saturated rings. The van der Waals surface area contributed by atoms with E-state index in [-0.39, 0.29) is 0 Å². The maximum Gasteiger partial charge on any atom is 0.212 e. The highest BCUT2D eigenvalue weighted by Crippen LogP contribution is 2.47. The Morgan fingerprint density at radius 1 is 0.483 bits per heavy atom. The predicted molar refractivity (Wildman–Crippen MR) is 251 cm³/mol. The zero-order chi connectivity index (χ0) is 39.9. The summed E-state index contributed by atoms with van der Waals surface area (Å²) in [6.07, 6.45) is 0. The lowest BCUT2D eigenvalue weighted by atomic mass is 10.0. The van der Waals surface area contributed by atoms with Crippen LogP contribution in [0, 0.1) is 17.9 Å². The van der Waals surface area contributed by atoms with Gasteiger partial charge in [-0.3, -0.25) is 0 Å². The van der Waals surface area contributed by atoms with Crippen molar-refractivity contribution in [3.8, 4) is 17.4 Å². The molecule has 12 aromatic rings. The summed E-state index contributed by atoms with van der Waals surface area (Å²) in [6, 6.07) is 68.0. The fourth-order valence-electron chi connectivity index (χ4n) is 9.40. The molecule has 0 radical (unpaired) electrons. The third-order valence-electron chi connectivity index (χ3n) is 11.9. The van der Waals surface area contributed by atoms with Crippen molar-refractivity contribution >= 4 is 109 Å². The average molecular weight is 782 g/mol. The fourth-order valence-corrected chi connectivity index (χ4v) is 10.5. The molecule has 12 rings (SSSR count). The Labute approximate surface area is 348 Å². The highest BCUT2D eigenvalue weighted by molar-refractivity contribution is 7.26. The Morgan fingerprint density at radius 3 is 1.92 bits per heavy atom. The molecule has 278 valence electrons. The summed E-state index contributed by atoms with van der Waals surface area (Å²) in [4.78, 5) is 6.51. The molecule has 0 aliphatic heterocycles. The third kappa shape index (κ3) is 4.90. The van der Waals surface area contributed by atoms with Crippen LogP contribution in [0.4, 0.5) is 22.7 Å². The van der Waals surface area contributed by atoms with Crippen molar-refractivity contribution in [2.75, 3.05) is 4.90 Å². The normalized spacial score (nSPS) is 11.6. The van der Waals surface area contributed by atoms with E-state index in [0.717, 1.165) is 76.8 Å². The van der Waals surface area contributed by atoms with E-state index in [0.29, 0.717) is 22.6 Å². The number of para-hydroxylation sites is 3. The van der Waals surface area contributed by atoms with Gasteiger partial charge in [-0.1, -0.05) is 109 Å². The van der Waals surface area contributed by atoms with Crippen molar-refractivity contribution in [2.24, 2.45) is 0 Å². The summed E-state index contributed by atoms with van der Waals surface area (Å²) in [6.45, 7) is 8.71. The van der Waals surface area contributed by atoms with E-state index in [9.17, 15) is 5.26 Å². The second-order valence-corrected chi connectivity index (χ2v) is 16.2. The number of nitrogens with zero attached hydrogens (tertiary/aromatic N) is 5. The molecule has 3 heterocycles. The first kappa shape index (κ1) is 33.9. The molecular formula is C54H31N5S. The van der Waals surface area contributed by atoms with Gasteiger partial charge in [0.25, 0.3) is 0 Å². The molecule has 0 aliphatic carbocycles. The summed E-state index contributed by atoms with van der Waals surface area (Å²) < 4.78 is 6.80. The maximum absolute atomic E-state index is 11.1. The molecule has 0 saturated heterocycles. The van der Waals surface area contributed by atoms with Crippen molar-refractivity contribution in [2.45, 2.75) is 0 Å². The van der Waals surface area contributed by atoms with Gasteiger partial charge in [0.1, 0.15) is 6.07 Å². The van der Waals surface area contributed by atoms with E-state index in [1.165, 1.54) is 14.8 Å². The lowest BCUT2D eigenvalue weighted by Crippen LogP contribution is -2.09. The molecule has 60 heavy (non-hydrogen) atoms. The summed E-state index contributed by atoms with van der Waals surface area (Å²) in [5.74, 6) is 0. The van der Waals surface area contributed by atoms with Gasteiger partial charge in [0.2, 0.25) is 5.69 Å². The second kappa shape index (κ2) is 13.2. The van der Waals surface area contributed by atoms with Gasteiger partial charge in [0.15, 0.2) is 0 Å². The molecule has 0 amide bonds. The number of fused-ring (bicyclic) bond motifs is 12. The van der Waals surface area contributed by atoms with Gasteiger partial charge < -0.3 is 14.0 Å². The monoisotopic (exact) mass is 781 g/mol. The number of nitriles is 1. The molecule has 9 aromatic carbocycles. The van der Waals surface area contributed by atoms with Crippen LogP contribution in [0.2, 0.25) is 0 Å². The first-order chi connectivity index (χ1) is 29.7. The second-order valence-electron chi connectivity index (χ2n) is 15.1. The summed E-state index contributed by atoms with van der Waals surface area (Å²) in [7, 11) is 0. The van der Waals surface area contributed by atoms with Gasteiger partial charge in [-0.25, -0.2) is 4.85 Å². The number of benzene rings is 9. The van der Waals surface area contributed by atoms with Crippen molar-refractivity contribution in [1.29, 1.82) is 5.26 Å². The average Bonchev–Trinajstić information content (AvgIpc) is 3.97. The standard InChI is InChI=1S/C54H31N5S/c1-56-44-32-48(35(33-55)30-49(44)59-45-22-12-10-20-40(45)41-26-29-51-53(54(41)59)42-21-11-13-23-50(42)60-51)58-46-28-25-38(57(36-15-4-2-5-16-36)37-17-6-3-7-18-37)31-43(46)52-39-19-9-8-14-34(39)24-27-47(52)58/h2-32H. The van der Waals surface area contributed by atoms with Crippen LogP contribution in [0.5, 0.6) is 0 Å². The predicted octanol–water partition coefficient (Wildman–Crippen LogP) is 15.3. The van der Waals surface area contributed by atoms with Gasteiger partial charge >= 0.3 is 0 Å². The van der Waals surface area contributed by atoms with Crippen LogP contribution in [0.1, 0.15) is 5.56 Å². The van der Waals surface area contributed by atoms with Crippen molar-refractivity contribution in [3.63, 3.8) is 0 Å². The SMILES string of the molecule is [C-]#[N+]c1cc(-n2c3ccc(N(c4ccccc4)c4ccccc4)cc3c3c4ccccc4ccc32)c(C#N)cc1-n1c2ccccc2c2ccc3sc4ccccc4c3c21. The van der Waals surface area contributed by atoms with Crippen LogP contribution in [0.3, 0.4) is 0 Å². The summed E-state index contributed by atoms with van der Waals surface area (Å²) >= 11 is 1.78. The Hall–Kier alpha value is -8.16. The molecule has 0 bridgehead atoms. The van der Waals surface area contributed by atoms with Crippen molar-refractivity contribution in [1.82, 2.24) is 9.13 Å². The third-order valence-corrected chi connectivity index (χ3v) is 13.1. The lowest BCUT2D eigenvalue weighted by Gasteiger charge is -2.25. The molecule has 0 spiro atoms. The van der Waals surface area contributed by atoms with E-state index in [4.69, 9.17) is 6.57 Å². The van der Waals surface area contributed by atoms with Crippen LogP contribution in [0.15, 0.2) is 188 Å². The van der Waals surface area contributed by atoms with Crippen molar-refractivity contribution in [3.05, 3.63) is 205 Å². The molecule has 0 atom stereocenters. The molecule has 3 aromatic heterocycles.